The van der Waals surface area contributed by atoms with Gasteiger partial charge >= 0.3 is 0 Å². The Balaban J connectivity index is 2.21. The van der Waals surface area contributed by atoms with E-state index < -0.39 is 0 Å². The van der Waals surface area contributed by atoms with Crippen LogP contribution in [-0.4, -0.2) is 11.5 Å². The highest BCUT2D eigenvalue weighted by atomic mass is 16.5. The number of ether oxygens (including phenoxy) is 1. The second kappa shape index (κ2) is 4.47. The largest absolute Gasteiger partial charge is 0.497 e. The van der Waals surface area contributed by atoms with Crippen molar-refractivity contribution in [2.75, 3.05) is 7.11 Å². The fraction of sp³-hybridized carbons (Fsp3) is 0.176. The highest BCUT2D eigenvalue weighted by molar-refractivity contribution is 5.76. The van der Waals surface area contributed by atoms with E-state index in [1.807, 2.05) is 6.07 Å². The number of fused-ring (bicyclic) bond motifs is 1. The van der Waals surface area contributed by atoms with Gasteiger partial charge in [0.15, 0.2) is 0 Å². The standard InChI is InChI=1S/C17H17NO/c1-12-10-15(19-3)7-8-16(12)17-11-14-6-4-5-9-18(14)13(17)2/h4-11H,1-3H3. The lowest BCUT2D eigenvalue weighted by Gasteiger charge is -2.08. The number of aromatic nitrogens is 1. The monoisotopic (exact) mass is 251 g/mol. The van der Waals surface area contributed by atoms with Crippen molar-refractivity contribution in [2.45, 2.75) is 13.8 Å². The van der Waals surface area contributed by atoms with Crippen molar-refractivity contribution in [3.63, 3.8) is 0 Å². The van der Waals surface area contributed by atoms with Gasteiger partial charge in [-0.1, -0.05) is 12.1 Å². The molecule has 0 spiro atoms. The summed E-state index contributed by atoms with van der Waals surface area (Å²) in [4.78, 5) is 0. The van der Waals surface area contributed by atoms with E-state index in [1.165, 1.54) is 27.9 Å². The van der Waals surface area contributed by atoms with Crippen LogP contribution in [0.2, 0.25) is 0 Å². The summed E-state index contributed by atoms with van der Waals surface area (Å²) in [7, 11) is 1.70. The predicted molar refractivity (Wildman–Crippen MR) is 78.9 cm³/mol. The van der Waals surface area contributed by atoms with Crippen LogP contribution in [-0.2, 0) is 0 Å². The predicted octanol–water partition coefficient (Wildman–Crippen LogP) is 4.23. The minimum atomic E-state index is 0.905. The van der Waals surface area contributed by atoms with Crippen LogP contribution in [0.1, 0.15) is 11.3 Å². The molecule has 96 valence electrons. The fourth-order valence-corrected chi connectivity index (χ4v) is 2.60. The average Bonchev–Trinajstić information content (AvgIpc) is 2.76. The third-order valence-corrected chi connectivity index (χ3v) is 3.66. The van der Waals surface area contributed by atoms with Gasteiger partial charge in [-0.05, 0) is 55.3 Å². The third kappa shape index (κ3) is 1.89. The maximum atomic E-state index is 5.27. The SMILES string of the molecule is COc1ccc(-c2cc3ccccn3c2C)c(C)c1. The number of aryl methyl sites for hydroxylation is 2. The first kappa shape index (κ1) is 11.8. The quantitative estimate of drug-likeness (QED) is 0.664. The second-order valence-corrected chi connectivity index (χ2v) is 4.82. The molecule has 0 unspecified atom stereocenters. The van der Waals surface area contributed by atoms with Gasteiger partial charge in [0.05, 0.1) is 7.11 Å². The lowest BCUT2D eigenvalue weighted by atomic mass is 10.0. The Morgan fingerprint density at radius 3 is 2.47 bits per heavy atom. The Morgan fingerprint density at radius 1 is 0.947 bits per heavy atom. The second-order valence-electron chi connectivity index (χ2n) is 4.82. The molecular formula is C17H17NO. The van der Waals surface area contributed by atoms with Crippen LogP contribution >= 0.6 is 0 Å². The summed E-state index contributed by atoms with van der Waals surface area (Å²) in [6.45, 7) is 4.28. The van der Waals surface area contributed by atoms with Crippen molar-refractivity contribution in [1.29, 1.82) is 0 Å². The van der Waals surface area contributed by atoms with Crippen molar-refractivity contribution >= 4 is 5.52 Å². The van der Waals surface area contributed by atoms with Crippen LogP contribution in [0.25, 0.3) is 16.6 Å². The van der Waals surface area contributed by atoms with E-state index in [0.717, 1.165) is 5.75 Å². The normalized spacial score (nSPS) is 10.9. The van der Waals surface area contributed by atoms with Crippen LogP contribution in [0.15, 0.2) is 48.7 Å². The highest BCUT2D eigenvalue weighted by Crippen LogP contribution is 2.31. The van der Waals surface area contributed by atoms with Gasteiger partial charge in [-0.25, -0.2) is 0 Å². The van der Waals surface area contributed by atoms with Gasteiger partial charge in [-0.2, -0.15) is 0 Å². The molecular weight excluding hydrogens is 234 g/mol. The molecule has 19 heavy (non-hydrogen) atoms. The average molecular weight is 251 g/mol. The molecule has 2 heterocycles. The maximum absolute atomic E-state index is 5.27. The minimum absolute atomic E-state index is 0.905. The van der Waals surface area contributed by atoms with Crippen molar-refractivity contribution in [2.24, 2.45) is 0 Å². The summed E-state index contributed by atoms with van der Waals surface area (Å²) in [6, 6.07) is 14.7. The summed E-state index contributed by atoms with van der Waals surface area (Å²) < 4.78 is 7.49. The Kier molecular flexibility index (Phi) is 2.79. The molecule has 0 aliphatic heterocycles. The van der Waals surface area contributed by atoms with E-state index in [4.69, 9.17) is 4.74 Å². The van der Waals surface area contributed by atoms with Gasteiger partial charge in [0, 0.05) is 23.0 Å². The molecule has 2 aromatic heterocycles. The Bertz CT molecular complexity index is 740. The van der Waals surface area contributed by atoms with Crippen LogP contribution in [0.4, 0.5) is 0 Å². The third-order valence-electron chi connectivity index (χ3n) is 3.66. The Morgan fingerprint density at radius 2 is 1.79 bits per heavy atom. The van der Waals surface area contributed by atoms with Crippen molar-refractivity contribution in [1.82, 2.24) is 4.40 Å². The van der Waals surface area contributed by atoms with E-state index in [2.05, 4.69) is 60.8 Å². The zero-order valence-electron chi connectivity index (χ0n) is 11.5. The summed E-state index contributed by atoms with van der Waals surface area (Å²) in [5.74, 6) is 0.905. The minimum Gasteiger partial charge on any atom is -0.497 e. The van der Waals surface area contributed by atoms with Crippen LogP contribution < -0.4 is 4.74 Å². The first-order valence-corrected chi connectivity index (χ1v) is 6.42. The smallest absolute Gasteiger partial charge is 0.119 e. The Labute approximate surface area is 113 Å². The Hall–Kier alpha value is -2.22. The molecule has 0 N–H and O–H groups in total. The molecule has 0 aliphatic rings. The molecule has 0 radical (unpaired) electrons. The molecule has 0 saturated carbocycles. The summed E-state index contributed by atoms with van der Waals surface area (Å²) in [6.07, 6.45) is 2.10. The fourth-order valence-electron chi connectivity index (χ4n) is 2.60. The van der Waals surface area contributed by atoms with Crippen molar-refractivity contribution in [3.8, 4) is 16.9 Å². The molecule has 0 fully saturated rings. The van der Waals surface area contributed by atoms with E-state index in [-0.39, 0.29) is 0 Å². The van der Waals surface area contributed by atoms with E-state index >= 15 is 0 Å². The van der Waals surface area contributed by atoms with Crippen LogP contribution in [0, 0.1) is 13.8 Å². The number of methoxy groups -OCH3 is 1. The number of nitrogens with zero attached hydrogens (tertiary/aromatic N) is 1. The first-order chi connectivity index (χ1) is 9.20. The van der Waals surface area contributed by atoms with Crippen LogP contribution in [0.3, 0.4) is 0 Å². The number of pyridine rings is 1. The van der Waals surface area contributed by atoms with Gasteiger partial charge in [0.25, 0.3) is 0 Å². The summed E-state index contributed by atoms with van der Waals surface area (Å²) >= 11 is 0. The molecule has 0 atom stereocenters. The zero-order chi connectivity index (χ0) is 13.4. The van der Waals surface area contributed by atoms with Gasteiger partial charge in [-0.15, -0.1) is 0 Å². The summed E-state index contributed by atoms with van der Waals surface area (Å²) in [5, 5.41) is 0. The van der Waals surface area contributed by atoms with Gasteiger partial charge in [0.1, 0.15) is 5.75 Å². The van der Waals surface area contributed by atoms with E-state index in [0.29, 0.717) is 0 Å². The number of benzene rings is 1. The van der Waals surface area contributed by atoms with Gasteiger partial charge < -0.3 is 9.14 Å². The van der Waals surface area contributed by atoms with Crippen molar-refractivity contribution in [3.05, 3.63) is 59.9 Å². The van der Waals surface area contributed by atoms with Gasteiger partial charge in [0.2, 0.25) is 0 Å². The van der Waals surface area contributed by atoms with E-state index in [9.17, 15) is 0 Å². The zero-order valence-corrected chi connectivity index (χ0v) is 11.5. The molecule has 2 nitrogen and oxygen atoms in total. The highest BCUT2D eigenvalue weighted by Gasteiger charge is 2.10. The molecule has 0 aliphatic carbocycles. The molecule has 3 aromatic rings. The lowest BCUT2D eigenvalue weighted by molar-refractivity contribution is 0.414. The number of hydrogen-bond acceptors (Lipinski definition) is 1. The molecule has 0 amide bonds. The molecule has 2 heteroatoms. The van der Waals surface area contributed by atoms with Crippen molar-refractivity contribution < 1.29 is 4.74 Å². The van der Waals surface area contributed by atoms with Crippen LogP contribution in [0.5, 0.6) is 5.75 Å². The molecule has 1 aromatic carbocycles. The maximum Gasteiger partial charge on any atom is 0.119 e. The molecule has 3 rings (SSSR count). The van der Waals surface area contributed by atoms with E-state index in [1.54, 1.807) is 7.11 Å². The number of hydrogen-bond donors (Lipinski definition) is 0. The summed E-state index contributed by atoms with van der Waals surface area (Å²) in [5.41, 5.74) is 6.28. The lowest BCUT2D eigenvalue weighted by Crippen LogP contribution is -1.89. The molecule has 0 saturated heterocycles. The topological polar surface area (TPSA) is 13.6 Å². The van der Waals surface area contributed by atoms with Gasteiger partial charge in [-0.3, -0.25) is 0 Å². The molecule has 0 bridgehead atoms. The number of rotatable bonds is 2. The first-order valence-electron chi connectivity index (χ1n) is 6.42.